The molecule has 1 aromatic carbocycles. The summed E-state index contributed by atoms with van der Waals surface area (Å²) in [5.74, 6) is 1.53. The number of aryl methyl sites for hydroxylation is 1. The summed E-state index contributed by atoms with van der Waals surface area (Å²) in [4.78, 5) is 16.6. The molecule has 4 nitrogen and oxygen atoms in total. The highest BCUT2D eigenvalue weighted by Gasteiger charge is 2.15. The topological polar surface area (TPSA) is 61.8 Å². The Morgan fingerprint density at radius 1 is 1.17 bits per heavy atom. The van der Waals surface area contributed by atoms with Gasteiger partial charge < -0.3 is 14.4 Å². The van der Waals surface area contributed by atoms with Crippen LogP contribution in [0.25, 0.3) is 11.0 Å². The number of nitrogens with one attached hydrogen (secondary N) is 2. The second-order valence-electron chi connectivity index (χ2n) is 4.20. The van der Waals surface area contributed by atoms with E-state index in [-0.39, 0.29) is 11.1 Å². The van der Waals surface area contributed by atoms with Crippen molar-refractivity contribution < 1.29 is 4.42 Å². The summed E-state index contributed by atoms with van der Waals surface area (Å²) >= 11 is 6.36. The minimum Gasteiger partial charge on any atom is -0.464 e. The van der Waals surface area contributed by atoms with Crippen molar-refractivity contribution in [2.24, 2.45) is 0 Å². The molecule has 92 valence electrons. The van der Waals surface area contributed by atoms with E-state index in [4.69, 9.17) is 16.0 Å². The van der Waals surface area contributed by atoms with Gasteiger partial charge in [-0.15, -0.1) is 11.6 Å². The lowest BCUT2D eigenvalue weighted by Crippen LogP contribution is -1.99. The lowest BCUT2D eigenvalue weighted by Gasteiger charge is -2.06. The number of rotatable bonds is 2. The van der Waals surface area contributed by atoms with E-state index in [0.717, 1.165) is 22.4 Å². The Bertz CT molecular complexity index is 754. The van der Waals surface area contributed by atoms with Gasteiger partial charge in [0.15, 0.2) is 0 Å². The first kappa shape index (κ1) is 11.2. The first-order chi connectivity index (χ1) is 8.63. The molecule has 0 aliphatic rings. The highest BCUT2D eigenvalue weighted by molar-refractivity contribution is 6.22. The lowest BCUT2D eigenvalue weighted by molar-refractivity contribution is 0.489. The quantitative estimate of drug-likeness (QED) is 0.697. The van der Waals surface area contributed by atoms with Gasteiger partial charge in [-0.2, -0.15) is 0 Å². The first-order valence-electron chi connectivity index (χ1n) is 5.56. The normalized spacial score (nSPS) is 13.0. The van der Waals surface area contributed by atoms with Crippen LogP contribution in [-0.2, 0) is 0 Å². The van der Waals surface area contributed by atoms with Gasteiger partial charge in [0.2, 0.25) is 0 Å². The third-order valence-corrected chi connectivity index (χ3v) is 3.31. The smallest absolute Gasteiger partial charge is 0.323 e. The van der Waals surface area contributed by atoms with Crippen LogP contribution < -0.4 is 5.69 Å². The van der Waals surface area contributed by atoms with Crippen molar-refractivity contribution in [1.82, 2.24) is 9.97 Å². The molecule has 5 heteroatoms. The second-order valence-corrected chi connectivity index (χ2v) is 4.63. The Balaban J connectivity index is 2.05. The number of hydrogen-bond acceptors (Lipinski definition) is 2. The molecule has 3 aromatic rings. The van der Waals surface area contributed by atoms with E-state index < -0.39 is 0 Å². The molecule has 2 N–H and O–H groups in total. The Morgan fingerprint density at radius 3 is 2.67 bits per heavy atom. The standard InChI is InChI=1S/C13H11ClN2O2/c1-7-2-5-11(18-7)12(14)8-3-4-9-10(6-8)16-13(17)15-9/h2-6,12H,1H3,(H2,15,16,17). The summed E-state index contributed by atoms with van der Waals surface area (Å²) in [6.07, 6.45) is 0. The predicted molar refractivity (Wildman–Crippen MR) is 70.1 cm³/mol. The van der Waals surface area contributed by atoms with Gasteiger partial charge in [0.1, 0.15) is 16.9 Å². The summed E-state index contributed by atoms with van der Waals surface area (Å²) < 4.78 is 5.51. The number of halogens is 1. The Morgan fingerprint density at radius 2 is 1.94 bits per heavy atom. The van der Waals surface area contributed by atoms with Gasteiger partial charge >= 0.3 is 5.69 Å². The number of aromatic nitrogens is 2. The van der Waals surface area contributed by atoms with Gasteiger partial charge in [-0.25, -0.2) is 4.79 Å². The highest BCUT2D eigenvalue weighted by Crippen LogP contribution is 2.30. The van der Waals surface area contributed by atoms with E-state index in [1.165, 1.54) is 0 Å². The third-order valence-electron chi connectivity index (χ3n) is 2.84. The SMILES string of the molecule is Cc1ccc(C(Cl)c2ccc3[nH]c(=O)[nH]c3c2)o1. The van der Waals surface area contributed by atoms with Crippen LogP contribution >= 0.6 is 11.6 Å². The van der Waals surface area contributed by atoms with Crippen LogP contribution in [0.1, 0.15) is 22.5 Å². The van der Waals surface area contributed by atoms with Crippen LogP contribution in [0.15, 0.2) is 39.5 Å². The van der Waals surface area contributed by atoms with Crippen LogP contribution in [0.3, 0.4) is 0 Å². The van der Waals surface area contributed by atoms with E-state index >= 15 is 0 Å². The number of imidazole rings is 1. The number of H-pyrrole nitrogens is 2. The number of fused-ring (bicyclic) bond motifs is 1. The molecule has 2 aromatic heterocycles. The van der Waals surface area contributed by atoms with Crippen molar-refractivity contribution in [3.05, 3.63) is 57.9 Å². The molecule has 0 fully saturated rings. The maximum Gasteiger partial charge on any atom is 0.323 e. The predicted octanol–water partition coefficient (Wildman–Crippen LogP) is 3.09. The van der Waals surface area contributed by atoms with Gasteiger partial charge in [0.05, 0.1) is 11.0 Å². The maximum atomic E-state index is 11.2. The van der Waals surface area contributed by atoms with Crippen molar-refractivity contribution in [2.45, 2.75) is 12.3 Å². The van der Waals surface area contributed by atoms with Crippen molar-refractivity contribution >= 4 is 22.6 Å². The number of aromatic amines is 2. The number of furan rings is 1. The fourth-order valence-corrected chi connectivity index (χ4v) is 2.21. The molecular weight excluding hydrogens is 252 g/mol. The van der Waals surface area contributed by atoms with Crippen molar-refractivity contribution in [1.29, 1.82) is 0 Å². The molecule has 0 saturated carbocycles. The van der Waals surface area contributed by atoms with Crippen LogP contribution in [0.2, 0.25) is 0 Å². The number of hydrogen-bond donors (Lipinski definition) is 2. The lowest BCUT2D eigenvalue weighted by atomic mass is 10.1. The Hall–Kier alpha value is -1.94. The molecule has 0 bridgehead atoms. The Kier molecular flexibility index (Phi) is 2.52. The third kappa shape index (κ3) is 1.84. The van der Waals surface area contributed by atoms with Crippen molar-refractivity contribution in [3.63, 3.8) is 0 Å². The summed E-state index contributed by atoms with van der Waals surface area (Å²) in [6, 6.07) is 9.29. The van der Waals surface area contributed by atoms with E-state index in [1.54, 1.807) is 0 Å². The minimum atomic E-state index is -0.360. The minimum absolute atomic E-state index is 0.220. The zero-order chi connectivity index (χ0) is 12.7. The molecule has 1 unspecified atom stereocenters. The van der Waals surface area contributed by atoms with Crippen molar-refractivity contribution in [2.75, 3.05) is 0 Å². The molecule has 18 heavy (non-hydrogen) atoms. The zero-order valence-electron chi connectivity index (χ0n) is 9.66. The fourth-order valence-electron chi connectivity index (χ4n) is 1.96. The summed E-state index contributed by atoms with van der Waals surface area (Å²) in [5, 5.41) is -0.360. The fraction of sp³-hybridized carbons (Fsp3) is 0.154. The summed E-state index contributed by atoms with van der Waals surface area (Å²) in [6.45, 7) is 1.87. The zero-order valence-corrected chi connectivity index (χ0v) is 10.4. The largest absolute Gasteiger partial charge is 0.464 e. The molecule has 0 amide bonds. The Labute approximate surface area is 108 Å². The molecule has 0 aliphatic heterocycles. The average Bonchev–Trinajstić information content (AvgIpc) is 2.92. The molecule has 0 spiro atoms. The molecule has 3 rings (SSSR count). The second kappa shape index (κ2) is 4.07. The van der Waals surface area contributed by atoms with Crippen molar-refractivity contribution in [3.8, 4) is 0 Å². The molecule has 2 heterocycles. The number of alkyl halides is 1. The maximum absolute atomic E-state index is 11.2. The van der Waals surface area contributed by atoms with Gasteiger partial charge in [-0.1, -0.05) is 6.07 Å². The summed E-state index contributed by atoms with van der Waals surface area (Å²) in [7, 11) is 0. The van der Waals surface area contributed by atoms with Gasteiger partial charge in [0.25, 0.3) is 0 Å². The monoisotopic (exact) mass is 262 g/mol. The molecule has 1 atom stereocenters. The van der Waals surface area contributed by atoms with Gasteiger partial charge in [0, 0.05) is 0 Å². The number of benzene rings is 1. The van der Waals surface area contributed by atoms with E-state index in [2.05, 4.69) is 9.97 Å². The highest BCUT2D eigenvalue weighted by atomic mass is 35.5. The van der Waals surface area contributed by atoms with Gasteiger partial charge in [-0.3, -0.25) is 0 Å². The van der Waals surface area contributed by atoms with E-state index in [1.807, 2.05) is 37.3 Å². The van der Waals surface area contributed by atoms with Crippen LogP contribution in [-0.4, -0.2) is 9.97 Å². The van der Waals surface area contributed by atoms with Crippen LogP contribution in [0, 0.1) is 6.92 Å². The van der Waals surface area contributed by atoms with E-state index in [9.17, 15) is 4.79 Å². The van der Waals surface area contributed by atoms with Crippen LogP contribution in [0.5, 0.6) is 0 Å². The molecule has 0 saturated heterocycles. The average molecular weight is 263 g/mol. The molecule has 0 radical (unpaired) electrons. The molecular formula is C13H11ClN2O2. The first-order valence-corrected chi connectivity index (χ1v) is 5.99. The van der Waals surface area contributed by atoms with Crippen LogP contribution in [0.4, 0.5) is 0 Å². The summed E-state index contributed by atoms with van der Waals surface area (Å²) in [5.41, 5.74) is 2.17. The van der Waals surface area contributed by atoms with Gasteiger partial charge in [-0.05, 0) is 36.8 Å². The molecule has 0 aliphatic carbocycles. The van der Waals surface area contributed by atoms with E-state index in [0.29, 0.717) is 5.76 Å².